The van der Waals surface area contributed by atoms with Crippen molar-refractivity contribution in [3.8, 4) is 0 Å². The lowest BCUT2D eigenvalue weighted by atomic mass is 10.00. The van der Waals surface area contributed by atoms with Crippen LogP contribution < -0.4 is 0 Å². The average Bonchev–Trinajstić information content (AvgIpc) is 2.97. The second kappa shape index (κ2) is 8.66. The van der Waals surface area contributed by atoms with E-state index in [1.807, 2.05) is 0 Å². The van der Waals surface area contributed by atoms with Crippen LogP contribution in [0.5, 0.6) is 0 Å². The number of carbonyl (C=O) groups is 1. The van der Waals surface area contributed by atoms with Crippen LogP contribution in [0.3, 0.4) is 0 Å². The van der Waals surface area contributed by atoms with Crippen LogP contribution in [0.15, 0.2) is 0 Å². The lowest BCUT2D eigenvalue weighted by Crippen LogP contribution is -2.40. The molecule has 1 atom stereocenters. The molecule has 1 saturated heterocycles. The van der Waals surface area contributed by atoms with Crippen molar-refractivity contribution in [1.82, 2.24) is 4.90 Å². The molecule has 0 radical (unpaired) electrons. The van der Waals surface area contributed by atoms with E-state index in [9.17, 15) is 4.79 Å². The molecule has 1 heterocycles. The summed E-state index contributed by atoms with van der Waals surface area (Å²) in [6.07, 6.45) is 12.2. The van der Waals surface area contributed by atoms with Gasteiger partial charge in [0.25, 0.3) is 0 Å². The fourth-order valence-corrected chi connectivity index (χ4v) is 3.64. The van der Waals surface area contributed by atoms with Crippen molar-refractivity contribution >= 4 is 5.97 Å². The van der Waals surface area contributed by atoms with Gasteiger partial charge < -0.3 is 4.74 Å². The highest BCUT2D eigenvalue weighted by atomic mass is 16.5. The Labute approximate surface area is 124 Å². The Bertz CT molecular complexity index is 287. The molecular weight excluding hydrogens is 250 g/mol. The third-order valence-corrected chi connectivity index (χ3v) is 4.93. The van der Waals surface area contributed by atoms with Gasteiger partial charge in [-0.3, -0.25) is 9.69 Å². The molecule has 0 amide bonds. The maximum absolute atomic E-state index is 11.9. The van der Waals surface area contributed by atoms with Crippen LogP contribution in [-0.4, -0.2) is 36.6 Å². The summed E-state index contributed by atoms with van der Waals surface area (Å²) in [5.74, 6) is 0.974. The first-order chi connectivity index (χ1) is 9.78. The number of likely N-dealkylation sites (tertiary alicyclic amines) is 1. The highest BCUT2D eigenvalue weighted by Gasteiger charge is 2.22. The van der Waals surface area contributed by atoms with E-state index in [1.54, 1.807) is 0 Å². The Balaban J connectivity index is 1.53. The standard InChI is InChI=1S/C17H31NO2/c1-2-18-13-7-11-16(14-18)20-17(19)12-6-5-10-15-8-3-4-9-15/h15-16H,2-14H2,1H3. The van der Waals surface area contributed by atoms with E-state index in [-0.39, 0.29) is 12.1 Å². The minimum Gasteiger partial charge on any atom is -0.461 e. The topological polar surface area (TPSA) is 29.5 Å². The maximum Gasteiger partial charge on any atom is 0.306 e. The number of carbonyl (C=O) groups excluding carboxylic acids is 1. The monoisotopic (exact) mass is 281 g/mol. The molecule has 0 N–H and O–H groups in total. The Kier molecular flexibility index (Phi) is 6.85. The number of ether oxygens (including phenoxy) is 1. The number of hydrogen-bond acceptors (Lipinski definition) is 3. The normalized spacial score (nSPS) is 24.9. The molecule has 3 heteroatoms. The van der Waals surface area contributed by atoms with Crippen LogP contribution in [0.4, 0.5) is 0 Å². The van der Waals surface area contributed by atoms with Crippen molar-refractivity contribution in [2.45, 2.75) is 77.2 Å². The van der Waals surface area contributed by atoms with E-state index in [4.69, 9.17) is 4.74 Å². The van der Waals surface area contributed by atoms with Crippen molar-refractivity contribution in [2.24, 2.45) is 5.92 Å². The van der Waals surface area contributed by atoms with E-state index < -0.39 is 0 Å². The summed E-state index contributed by atoms with van der Waals surface area (Å²) in [5, 5.41) is 0. The predicted molar refractivity (Wildman–Crippen MR) is 81.7 cm³/mol. The quantitative estimate of drug-likeness (QED) is 0.525. The van der Waals surface area contributed by atoms with Gasteiger partial charge in [0.05, 0.1) is 0 Å². The molecule has 116 valence electrons. The van der Waals surface area contributed by atoms with E-state index in [1.165, 1.54) is 38.5 Å². The molecule has 2 aliphatic rings. The first-order valence-corrected chi connectivity index (χ1v) is 8.69. The molecule has 1 saturated carbocycles. The SMILES string of the molecule is CCN1CCCC(OC(=O)CCCCC2CCCC2)C1. The zero-order chi connectivity index (χ0) is 14.2. The number of nitrogens with zero attached hydrogens (tertiary/aromatic N) is 1. The van der Waals surface area contributed by atoms with Crippen LogP contribution in [0.25, 0.3) is 0 Å². The third kappa shape index (κ3) is 5.43. The predicted octanol–water partition coefficient (Wildman–Crippen LogP) is 3.76. The molecule has 1 aliphatic heterocycles. The summed E-state index contributed by atoms with van der Waals surface area (Å²) >= 11 is 0. The van der Waals surface area contributed by atoms with E-state index in [2.05, 4.69) is 11.8 Å². The van der Waals surface area contributed by atoms with Gasteiger partial charge in [0.1, 0.15) is 6.10 Å². The molecule has 0 aromatic rings. The smallest absolute Gasteiger partial charge is 0.306 e. The molecule has 1 aliphatic carbocycles. The molecule has 0 aromatic heterocycles. The average molecular weight is 281 g/mol. The molecule has 0 aromatic carbocycles. The first kappa shape index (κ1) is 15.8. The van der Waals surface area contributed by atoms with Crippen LogP contribution >= 0.6 is 0 Å². The minimum absolute atomic E-state index is 0.0272. The Morgan fingerprint density at radius 1 is 1.15 bits per heavy atom. The van der Waals surface area contributed by atoms with E-state index >= 15 is 0 Å². The van der Waals surface area contributed by atoms with Gasteiger partial charge in [-0.25, -0.2) is 0 Å². The fourth-order valence-electron chi connectivity index (χ4n) is 3.64. The summed E-state index contributed by atoms with van der Waals surface area (Å²) in [6, 6.07) is 0. The van der Waals surface area contributed by atoms with E-state index in [0.29, 0.717) is 6.42 Å². The lowest BCUT2D eigenvalue weighted by Gasteiger charge is -2.31. The second-order valence-electron chi connectivity index (χ2n) is 6.54. The molecule has 1 unspecified atom stereocenters. The van der Waals surface area contributed by atoms with Crippen LogP contribution in [0.2, 0.25) is 0 Å². The van der Waals surface area contributed by atoms with Crippen LogP contribution in [0, 0.1) is 5.92 Å². The number of esters is 1. The highest BCUT2D eigenvalue weighted by molar-refractivity contribution is 5.69. The van der Waals surface area contributed by atoms with Crippen molar-refractivity contribution in [1.29, 1.82) is 0 Å². The number of rotatable bonds is 7. The summed E-state index contributed by atoms with van der Waals surface area (Å²) < 4.78 is 5.61. The maximum atomic E-state index is 11.9. The molecule has 20 heavy (non-hydrogen) atoms. The summed E-state index contributed by atoms with van der Waals surface area (Å²) in [6.45, 7) is 5.33. The van der Waals surface area contributed by atoms with Crippen LogP contribution in [0.1, 0.15) is 71.1 Å². The third-order valence-electron chi connectivity index (χ3n) is 4.93. The zero-order valence-corrected chi connectivity index (χ0v) is 13.1. The molecule has 0 bridgehead atoms. The minimum atomic E-state index is 0.0272. The van der Waals surface area contributed by atoms with Crippen LogP contribution in [-0.2, 0) is 9.53 Å². The highest BCUT2D eigenvalue weighted by Crippen LogP contribution is 2.29. The summed E-state index contributed by atoms with van der Waals surface area (Å²) in [4.78, 5) is 14.2. The zero-order valence-electron chi connectivity index (χ0n) is 13.1. The second-order valence-corrected chi connectivity index (χ2v) is 6.54. The van der Waals surface area contributed by atoms with E-state index in [0.717, 1.165) is 44.8 Å². The van der Waals surface area contributed by atoms with Crippen molar-refractivity contribution in [2.75, 3.05) is 19.6 Å². The molecule has 2 fully saturated rings. The first-order valence-electron chi connectivity index (χ1n) is 8.69. The van der Waals surface area contributed by atoms with Gasteiger partial charge in [-0.15, -0.1) is 0 Å². The van der Waals surface area contributed by atoms with Gasteiger partial charge >= 0.3 is 5.97 Å². The molecular formula is C17H31NO2. The fraction of sp³-hybridized carbons (Fsp3) is 0.941. The number of unbranched alkanes of at least 4 members (excludes halogenated alkanes) is 1. The van der Waals surface area contributed by atoms with Gasteiger partial charge in [0.15, 0.2) is 0 Å². The van der Waals surface area contributed by atoms with Gasteiger partial charge in [-0.1, -0.05) is 45.4 Å². The van der Waals surface area contributed by atoms with Crippen molar-refractivity contribution in [3.05, 3.63) is 0 Å². The number of piperidine rings is 1. The molecule has 2 rings (SSSR count). The Morgan fingerprint density at radius 2 is 1.95 bits per heavy atom. The van der Waals surface area contributed by atoms with Gasteiger partial charge in [0, 0.05) is 13.0 Å². The molecule has 3 nitrogen and oxygen atoms in total. The Hall–Kier alpha value is -0.570. The summed E-state index contributed by atoms with van der Waals surface area (Å²) in [5.41, 5.74) is 0. The molecule has 0 spiro atoms. The van der Waals surface area contributed by atoms with Gasteiger partial charge in [0.2, 0.25) is 0 Å². The largest absolute Gasteiger partial charge is 0.461 e. The Morgan fingerprint density at radius 3 is 2.70 bits per heavy atom. The number of hydrogen-bond donors (Lipinski definition) is 0. The van der Waals surface area contributed by atoms with Gasteiger partial charge in [-0.05, 0) is 38.3 Å². The summed E-state index contributed by atoms with van der Waals surface area (Å²) in [7, 11) is 0. The van der Waals surface area contributed by atoms with Crippen molar-refractivity contribution < 1.29 is 9.53 Å². The number of likely N-dealkylation sites (N-methyl/N-ethyl adjacent to an activating group) is 1. The van der Waals surface area contributed by atoms with Gasteiger partial charge in [-0.2, -0.15) is 0 Å². The lowest BCUT2D eigenvalue weighted by molar-refractivity contribution is -0.151. The van der Waals surface area contributed by atoms with Crippen molar-refractivity contribution in [3.63, 3.8) is 0 Å².